The Balaban J connectivity index is 1.53. The van der Waals surface area contributed by atoms with Crippen LogP contribution in [0.4, 0.5) is 5.82 Å². The van der Waals surface area contributed by atoms with Crippen LogP contribution < -0.4 is 15.5 Å². The first-order valence-electron chi connectivity index (χ1n) is 11.3. The van der Waals surface area contributed by atoms with E-state index in [2.05, 4.69) is 39.3 Å². The highest BCUT2D eigenvalue weighted by atomic mass is 16.5. The Labute approximate surface area is 203 Å². The van der Waals surface area contributed by atoms with Crippen molar-refractivity contribution in [2.75, 3.05) is 19.0 Å². The molecule has 178 valence electrons. The third-order valence-electron chi connectivity index (χ3n) is 5.42. The predicted octanol–water partition coefficient (Wildman–Crippen LogP) is 4.58. The topological polar surface area (TPSA) is 110 Å². The van der Waals surface area contributed by atoms with Crippen LogP contribution in [0.5, 0.6) is 5.75 Å². The molecule has 0 aliphatic carbocycles. The van der Waals surface area contributed by atoms with Gasteiger partial charge in [0.1, 0.15) is 23.7 Å². The molecule has 4 rings (SSSR count). The average Bonchev–Trinajstić information content (AvgIpc) is 3.37. The Morgan fingerprint density at radius 1 is 1.14 bits per heavy atom. The number of hydrogen-bond donors (Lipinski definition) is 3. The second kappa shape index (κ2) is 11.7. The van der Waals surface area contributed by atoms with Crippen LogP contribution in [-0.4, -0.2) is 34.7 Å². The van der Waals surface area contributed by atoms with E-state index in [0.717, 1.165) is 35.2 Å². The van der Waals surface area contributed by atoms with Gasteiger partial charge < -0.3 is 14.5 Å². The molecule has 0 aliphatic heterocycles. The lowest BCUT2D eigenvalue weighted by Crippen LogP contribution is -2.17. The lowest BCUT2D eigenvalue weighted by Gasteiger charge is -2.12. The van der Waals surface area contributed by atoms with Gasteiger partial charge in [0.25, 0.3) is 0 Å². The normalized spacial score (nSPS) is 10.5. The Morgan fingerprint density at radius 2 is 2.00 bits per heavy atom. The van der Waals surface area contributed by atoms with Crippen LogP contribution in [-0.2, 0) is 11.2 Å². The number of carbonyl (C=O) groups excluding carboxylic acids is 1. The van der Waals surface area contributed by atoms with Gasteiger partial charge in [-0.2, -0.15) is 0 Å². The van der Waals surface area contributed by atoms with Crippen LogP contribution in [0.2, 0.25) is 0 Å². The van der Waals surface area contributed by atoms with Gasteiger partial charge in [-0.1, -0.05) is 36.3 Å². The third kappa shape index (κ3) is 6.16. The quantitative estimate of drug-likeness (QED) is 0.142. The summed E-state index contributed by atoms with van der Waals surface area (Å²) in [4.78, 5) is 19.9. The number of hydroxylamine groups is 1. The third-order valence-corrected chi connectivity index (χ3v) is 5.42. The van der Waals surface area contributed by atoms with Gasteiger partial charge in [0.15, 0.2) is 5.76 Å². The van der Waals surface area contributed by atoms with Gasteiger partial charge in [-0.3, -0.25) is 10.0 Å². The number of methoxy groups -OCH3 is 1. The number of benzene rings is 2. The van der Waals surface area contributed by atoms with Gasteiger partial charge in [0, 0.05) is 30.8 Å². The summed E-state index contributed by atoms with van der Waals surface area (Å²) < 4.78 is 11.6. The average molecular weight is 471 g/mol. The fraction of sp³-hybridized carbons (Fsp3) is 0.222. The molecule has 0 spiro atoms. The highest BCUT2D eigenvalue weighted by Gasteiger charge is 2.15. The number of carbonyl (C=O) groups is 1. The standard InChI is InChI=1S/C27H26N4O4/c1-34-25-17-23-21(27(30-18-29-23)28-15-14-19-8-4-2-5-9-19)16-22(25)24-13-12-20(35-24)10-6-3-7-11-26(32)31-33/h2,4-5,8-9,12-13,16-18,33H,3,7,11,14-15H2,1H3,(H,31,32)(H,28,29,30). The molecule has 0 aliphatic rings. The summed E-state index contributed by atoms with van der Waals surface area (Å²) in [6.07, 6.45) is 3.69. The predicted molar refractivity (Wildman–Crippen MR) is 133 cm³/mol. The minimum absolute atomic E-state index is 0.215. The molecule has 0 saturated heterocycles. The van der Waals surface area contributed by atoms with Crippen molar-refractivity contribution in [2.45, 2.75) is 25.7 Å². The van der Waals surface area contributed by atoms with Crippen molar-refractivity contribution in [1.82, 2.24) is 15.4 Å². The molecule has 35 heavy (non-hydrogen) atoms. The lowest BCUT2D eigenvalue weighted by atomic mass is 10.1. The van der Waals surface area contributed by atoms with Crippen LogP contribution in [0.15, 0.2) is 65.3 Å². The second-order valence-corrected chi connectivity index (χ2v) is 7.81. The molecule has 0 atom stereocenters. The molecule has 8 heteroatoms. The Morgan fingerprint density at radius 3 is 2.80 bits per heavy atom. The molecule has 4 aromatic rings. The summed E-state index contributed by atoms with van der Waals surface area (Å²) in [6.45, 7) is 0.734. The first kappa shape index (κ1) is 23.8. The van der Waals surface area contributed by atoms with Crippen molar-refractivity contribution in [1.29, 1.82) is 0 Å². The van der Waals surface area contributed by atoms with E-state index in [1.807, 2.05) is 36.4 Å². The van der Waals surface area contributed by atoms with Crippen molar-refractivity contribution in [3.05, 3.63) is 72.2 Å². The number of amides is 1. The molecule has 3 N–H and O–H groups in total. The number of unbranched alkanes of at least 4 members (excludes halogenated alkanes) is 1. The summed E-state index contributed by atoms with van der Waals surface area (Å²) in [5, 5.41) is 12.8. The lowest BCUT2D eigenvalue weighted by molar-refractivity contribution is -0.129. The van der Waals surface area contributed by atoms with E-state index >= 15 is 0 Å². The number of rotatable bonds is 9. The van der Waals surface area contributed by atoms with Gasteiger partial charge in [-0.25, -0.2) is 15.4 Å². The van der Waals surface area contributed by atoms with E-state index in [4.69, 9.17) is 14.4 Å². The first-order valence-corrected chi connectivity index (χ1v) is 11.3. The van der Waals surface area contributed by atoms with E-state index in [1.54, 1.807) is 18.7 Å². The van der Waals surface area contributed by atoms with Gasteiger partial charge in [-0.15, -0.1) is 0 Å². The SMILES string of the molecule is COc1cc2ncnc(NCCc3ccccc3)c2cc1-c1ccc(C#CCCCC(=O)NO)o1. The fourth-order valence-corrected chi connectivity index (χ4v) is 3.65. The molecule has 0 saturated carbocycles. The zero-order valence-electron chi connectivity index (χ0n) is 19.4. The van der Waals surface area contributed by atoms with Gasteiger partial charge in [0.2, 0.25) is 5.91 Å². The number of fused-ring (bicyclic) bond motifs is 1. The van der Waals surface area contributed by atoms with E-state index in [1.165, 1.54) is 11.9 Å². The summed E-state index contributed by atoms with van der Waals surface area (Å²) >= 11 is 0. The van der Waals surface area contributed by atoms with E-state index in [0.29, 0.717) is 30.1 Å². The van der Waals surface area contributed by atoms with Crippen molar-refractivity contribution in [2.24, 2.45) is 0 Å². The van der Waals surface area contributed by atoms with Gasteiger partial charge in [0.05, 0.1) is 18.2 Å². The van der Waals surface area contributed by atoms with Crippen LogP contribution >= 0.6 is 0 Å². The fourth-order valence-electron chi connectivity index (χ4n) is 3.65. The summed E-state index contributed by atoms with van der Waals surface area (Å²) in [7, 11) is 1.61. The summed E-state index contributed by atoms with van der Waals surface area (Å²) in [6, 6.07) is 17.8. The molecular formula is C27H26N4O4. The number of aromatic nitrogens is 2. The molecule has 1 amide bonds. The molecule has 0 unspecified atom stereocenters. The minimum Gasteiger partial charge on any atom is -0.496 e. The Bertz CT molecular complexity index is 1360. The van der Waals surface area contributed by atoms with Gasteiger partial charge in [-0.05, 0) is 42.5 Å². The molecule has 2 aromatic heterocycles. The number of anilines is 1. The van der Waals surface area contributed by atoms with Crippen LogP contribution in [0.25, 0.3) is 22.2 Å². The zero-order chi connectivity index (χ0) is 24.5. The van der Waals surface area contributed by atoms with Crippen LogP contribution in [0.3, 0.4) is 0 Å². The molecule has 0 radical (unpaired) electrons. The first-order chi connectivity index (χ1) is 17.2. The largest absolute Gasteiger partial charge is 0.496 e. The van der Waals surface area contributed by atoms with E-state index < -0.39 is 5.91 Å². The number of nitrogens with zero attached hydrogens (tertiary/aromatic N) is 2. The van der Waals surface area contributed by atoms with Crippen LogP contribution in [0.1, 0.15) is 30.6 Å². The monoisotopic (exact) mass is 470 g/mol. The highest BCUT2D eigenvalue weighted by molar-refractivity contribution is 5.94. The van der Waals surface area contributed by atoms with Crippen LogP contribution in [0, 0.1) is 11.8 Å². The zero-order valence-corrected chi connectivity index (χ0v) is 19.4. The smallest absolute Gasteiger partial charge is 0.243 e. The molecular weight excluding hydrogens is 444 g/mol. The van der Waals surface area contributed by atoms with Crippen molar-refractivity contribution < 1.29 is 19.2 Å². The molecule has 0 fully saturated rings. The molecule has 2 aromatic carbocycles. The highest BCUT2D eigenvalue weighted by Crippen LogP contribution is 2.36. The summed E-state index contributed by atoms with van der Waals surface area (Å²) in [5.74, 6) is 8.04. The number of nitrogens with one attached hydrogen (secondary N) is 2. The Hall–Kier alpha value is -4.35. The molecule has 8 nitrogen and oxygen atoms in total. The second-order valence-electron chi connectivity index (χ2n) is 7.81. The molecule has 2 heterocycles. The van der Waals surface area contributed by atoms with Gasteiger partial charge >= 0.3 is 0 Å². The number of ether oxygens (including phenoxy) is 1. The van der Waals surface area contributed by atoms with E-state index in [-0.39, 0.29) is 6.42 Å². The number of hydrogen-bond acceptors (Lipinski definition) is 7. The van der Waals surface area contributed by atoms with Crippen molar-refractivity contribution in [3.8, 4) is 28.9 Å². The summed E-state index contributed by atoms with van der Waals surface area (Å²) in [5.41, 5.74) is 4.40. The van der Waals surface area contributed by atoms with Crippen molar-refractivity contribution >= 4 is 22.6 Å². The van der Waals surface area contributed by atoms with E-state index in [9.17, 15) is 4.79 Å². The number of furan rings is 1. The molecule has 0 bridgehead atoms. The minimum atomic E-state index is -0.423. The van der Waals surface area contributed by atoms with Crippen molar-refractivity contribution in [3.63, 3.8) is 0 Å². The maximum absolute atomic E-state index is 11.1. The maximum Gasteiger partial charge on any atom is 0.243 e. The Kier molecular flexibility index (Phi) is 7.94. The maximum atomic E-state index is 11.1.